The van der Waals surface area contributed by atoms with Crippen LogP contribution in [0.4, 0.5) is 0 Å². The highest BCUT2D eigenvalue weighted by Gasteiger charge is 2.13. The molecule has 2 heterocycles. The van der Waals surface area contributed by atoms with E-state index in [9.17, 15) is 4.79 Å². The van der Waals surface area contributed by atoms with Crippen LogP contribution < -0.4 is 5.32 Å². The topological polar surface area (TPSA) is 75.4 Å². The number of hydrogen-bond acceptors (Lipinski definition) is 5. The van der Waals surface area contributed by atoms with Crippen LogP contribution in [0.25, 0.3) is 10.8 Å². The van der Waals surface area contributed by atoms with Gasteiger partial charge in [-0.25, -0.2) is 4.98 Å². The third kappa shape index (κ3) is 5.27. The molecule has 3 aromatic rings. The van der Waals surface area contributed by atoms with Crippen LogP contribution in [-0.4, -0.2) is 22.1 Å². The van der Waals surface area contributed by atoms with Gasteiger partial charge in [-0.15, -0.1) is 11.3 Å². The van der Waals surface area contributed by atoms with Gasteiger partial charge >= 0.3 is 5.97 Å². The Kier molecular flexibility index (Phi) is 5.98. The number of nitrogens with zero attached hydrogens (tertiary/aromatic N) is 1. The molecule has 0 saturated heterocycles. The number of aliphatic carboxylic acids is 1. The van der Waals surface area contributed by atoms with Crippen molar-refractivity contribution in [3.8, 4) is 10.8 Å². The molecule has 25 heavy (non-hydrogen) atoms. The zero-order valence-corrected chi connectivity index (χ0v) is 14.5. The van der Waals surface area contributed by atoms with Crippen LogP contribution in [0, 0.1) is 0 Å². The van der Waals surface area contributed by atoms with Gasteiger partial charge in [-0.2, -0.15) is 0 Å². The molecule has 1 atom stereocenters. The van der Waals surface area contributed by atoms with Crippen LogP contribution in [0.1, 0.15) is 23.3 Å². The number of carboxylic acid groups (broad SMARTS) is 1. The fourth-order valence-corrected chi connectivity index (χ4v) is 3.45. The predicted molar refractivity (Wildman–Crippen MR) is 97.5 cm³/mol. The molecule has 3 rings (SSSR count). The molecule has 0 aliphatic rings. The molecule has 0 bridgehead atoms. The van der Waals surface area contributed by atoms with Crippen molar-refractivity contribution in [2.75, 3.05) is 0 Å². The van der Waals surface area contributed by atoms with Crippen molar-refractivity contribution in [3.63, 3.8) is 0 Å². The first kappa shape index (κ1) is 17.4. The van der Waals surface area contributed by atoms with E-state index in [2.05, 4.69) is 22.4 Å². The van der Waals surface area contributed by atoms with Crippen molar-refractivity contribution in [1.82, 2.24) is 10.3 Å². The summed E-state index contributed by atoms with van der Waals surface area (Å²) in [5.74, 6) is 0.000667. The second kappa shape index (κ2) is 8.60. The first-order chi connectivity index (χ1) is 12.2. The Morgan fingerprint density at radius 3 is 2.80 bits per heavy atom. The molecule has 0 spiro atoms. The lowest BCUT2D eigenvalue weighted by Crippen LogP contribution is -2.31. The maximum atomic E-state index is 10.9. The lowest BCUT2D eigenvalue weighted by atomic mass is 10.0. The molecule has 0 amide bonds. The van der Waals surface area contributed by atoms with Gasteiger partial charge in [0, 0.05) is 30.1 Å². The Morgan fingerprint density at radius 2 is 2.08 bits per heavy atom. The molecule has 1 unspecified atom stereocenters. The van der Waals surface area contributed by atoms with Crippen LogP contribution in [0.15, 0.2) is 59.3 Å². The van der Waals surface area contributed by atoms with Crippen LogP contribution >= 0.6 is 11.3 Å². The molecule has 130 valence electrons. The van der Waals surface area contributed by atoms with Crippen LogP contribution in [-0.2, 0) is 17.8 Å². The first-order valence-corrected chi connectivity index (χ1v) is 9.00. The van der Waals surface area contributed by atoms with Crippen molar-refractivity contribution < 1.29 is 14.3 Å². The van der Waals surface area contributed by atoms with Gasteiger partial charge in [0.1, 0.15) is 0 Å². The molecule has 5 nitrogen and oxygen atoms in total. The van der Waals surface area contributed by atoms with E-state index < -0.39 is 5.97 Å². The number of aromatic nitrogens is 1. The van der Waals surface area contributed by atoms with E-state index >= 15 is 0 Å². The predicted octanol–water partition coefficient (Wildman–Crippen LogP) is 3.97. The largest absolute Gasteiger partial charge is 0.481 e. The van der Waals surface area contributed by atoms with E-state index in [1.165, 1.54) is 5.56 Å². The maximum absolute atomic E-state index is 10.9. The number of hydrogen-bond donors (Lipinski definition) is 2. The Morgan fingerprint density at radius 1 is 1.24 bits per heavy atom. The van der Waals surface area contributed by atoms with Gasteiger partial charge in [0.25, 0.3) is 0 Å². The summed E-state index contributed by atoms with van der Waals surface area (Å²) in [4.78, 5) is 16.4. The van der Waals surface area contributed by atoms with E-state index in [4.69, 9.17) is 9.52 Å². The normalized spacial score (nSPS) is 12.2. The number of benzene rings is 1. The molecule has 0 aliphatic carbocycles. The van der Waals surface area contributed by atoms with E-state index in [0.717, 1.165) is 22.1 Å². The second-order valence-electron chi connectivity index (χ2n) is 5.81. The van der Waals surface area contributed by atoms with Crippen molar-refractivity contribution in [3.05, 3.63) is 65.4 Å². The number of carboxylic acids is 1. The Labute approximate surface area is 150 Å². The highest BCUT2D eigenvalue weighted by Crippen LogP contribution is 2.25. The fraction of sp³-hybridized carbons (Fsp3) is 0.263. The lowest BCUT2D eigenvalue weighted by Gasteiger charge is -2.17. The number of rotatable bonds is 9. The van der Waals surface area contributed by atoms with Crippen molar-refractivity contribution in [2.45, 2.75) is 31.8 Å². The minimum absolute atomic E-state index is 0.104. The van der Waals surface area contributed by atoms with Gasteiger partial charge < -0.3 is 14.8 Å². The first-order valence-electron chi connectivity index (χ1n) is 8.18. The van der Waals surface area contributed by atoms with Crippen LogP contribution in [0.5, 0.6) is 0 Å². The summed E-state index contributed by atoms with van der Waals surface area (Å²) in [7, 11) is 0. The Balaban J connectivity index is 1.60. The average Bonchev–Trinajstić information content (AvgIpc) is 3.29. The number of carbonyl (C=O) groups is 1. The summed E-state index contributed by atoms with van der Waals surface area (Å²) >= 11 is 1.58. The third-order valence-corrected chi connectivity index (χ3v) is 4.89. The monoisotopic (exact) mass is 356 g/mol. The van der Waals surface area contributed by atoms with Crippen LogP contribution in [0.2, 0.25) is 0 Å². The van der Waals surface area contributed by atoms with E-state index in [-0.39, 0.29) is 12.5 Å². The molecule has 0 fully saturated rings. The zero-order valence-electron chi connectivity index (χ0n) is 13.7. The van der Waals surface area contributed by atoms with Crippen molar-refractivity contribution in [2.24, 2.45) is 0 Å². The quantitative estimate of drug-likeness (QED) is 0.607. The molecule has 6 heteroatoms. The molecule has 0 aliphatic heterocycles. The zero-order chi connectivity index (χ0) is 17.5. The summed E-state index contributed by atoms with van der Waals surface area (Å²) in [5, 5.41) is 13.3. The molecule has 2 aromatic heterocycles. The van der Waals surface area contributed by atoms with Gasteiger partial charge in [0.2, 0.25) is 0 Å². The molecular weight excluding hydrogens is 336 g/mol. The van der Waals surface area contributed by atoms with Gasteiger partial charge in [-0.05, 0) is 30.5 Å². The number of thiazole rings is 1. The van der Waals surface area contributed by atoms with Gasteiger partial charge in [-0.1, -0.05) is 30.3 Å². The van der Waals surface area contributed by atoms with Gasteiger partial charge in [0.15, 0.2) is 10.8 Å². The molecule has 2 N–H and O–H groups in total. The second-order valence-corrected chi connectivity index (χ2v) is 6.92. The Bertz CT molecular complexity index is 784. The van der Waals surface area contributed by atoms with Crippen LogP contribution in [0.3, 0.4) is 0 Å². The van der Waals surface area contributed by atoms with Crippen molar-refractivity contribution in [1.29, 1.82) is 0 Å². The number of furan rings is 1. The van der Waals surface area contributed by atoms with E-state index in [1.54, 1.807) is 17.6 Å². The summed E-state index contributed by atoms with van der Waals surface area (Å²) < 4.78 is 5.36. The van der Waals surface area contributed by atoms with E-state index in [1.807, 2.05) is 36.5 Å². The fourth-order valence-electron chi connectivity index (χ4n) is 2.62. The minimum atomic E-state index is -0.766. The standard InChI is InChI=1S/C19H20N2O3S/c22-18(23)9-8-15(11-14-5-2-1-3-6-14)20-12-16-13-21-19(25-16)17-7-4-10-24-17/h1-7,10,13,15,20H,8-9,11-12H2,(H,22,23). The molecule has 0 radical (unpaired) electrons. The lowest BCUT2D eigenvalue weighted by molar-refractivity contribution is -0.137. The van der Waals surface area contributed by atoms with Gasteiger partial charge in [-0.3, -0.25) is 4.79 Å². The maximum Gasteiger partial charge on any atom is 0.303 e. The highest BCUT2D eigenvalue weighted by atomic mass is 32.1. The average molecular weight is 356 g/mol. The SMILES string of the molecule is O=C(O)CCC(Cc1ccccc1)NCc1cnc(-c2ccco2)s1. The molecule has 0 saturated carbocycles. The Hall–Kier alpha value is -2.44. The molecule has 1 aromatic carbocycles. The number of nitrogens with one attached hydrogen (secondary N) is 1. The van der Waals surface area contributed by atoms with Gasteiger partial charge in [0.05, 0.1) is 6.26 Å². The summed E-state index contributed by atoms with van der Waals surface area (Å²) in [5.41, 5.74) is 1.20. The minimum Gasteiger partial charge on any atom is -0.481 e. The van der Waals surface area contributed by atoms with Crippen molar-refractivity contribution >= 4 is 17.3 Å². The summed E-state index contributed by atoms with van der Waals surface area (Å²) in [6, 6.07) is 14.0. The summed E-state index contributed by atoms with van der Waals surface area (Å²) in [6.07, 6.45) is 5.03. The third-order valence-electron chi connectivity index (χ3n) is 3.88. The smallest absolute Gasteiger partial charge is 0.303 e. The van der Waals surface area contributed by atoms with E-state index in [0.29, 0.717) is 13.0 Å². The highest BCUT2D eigenvalue weighted by molar-refractivity contribution is 7.14. The molecular formula is C19H20N2O3S. The summed E-state index contributed by atoms with van der Waals surface area (Å²) in [6.45, 7) is 0.662.